The SMILES string of the molecule is CCC(c1nc2ccccc2c(=O)n1CC)N(CCN(C)C)C(=O)Nc1ccc(Cl)cc1. The molecule has 0 saturated carbocycles. The monoisotopic (exact) mass is 455 g/mol. The van der Waals surface area contributed by atoms with Crippen LogP contribution in [0.3, 0.4) is 0 Å². The maximum absolute atomic E-state index is 13.4. The minimum absolute atomic E-state index is 0.0859. The van der Waals surface area contributed by atoms with E-state index in [4.69, 9.17) is 16.6 Å². The molecule has 1 unspecified atom stereocenters. The number of amides is 2. The van der Waals surface area contributed by atoms with Gasteiger partial charge in [-0.3, -0.25) is 9.36 Å². The smallest absolute Gasteiger partial charge is 0.313 e. The number of fused-ring (bicyclic) bond motifs is 1. The second kappa shape index (κ2) is 10.6. The third kappa shape index (κ3) is 5.29. The van der Waals surface area contributed by atoms with Gasteiger partial charge in [0.15, 0.2) is 0 Å². The summed E-state index contributed by atoms with van der Waals surface area (Å²) in [5.74, 6) is 0.601. The highest BCUT2D eigenvalue weighted by atomic mass is 35.5. The normalized spacial score (nSPS) is 12.2. The summed E-state index contributed by atoms with van der Waals surface area (Å²) >= 11 is 5.97. The van der Waals surface area contributed by atoms with Gasteiger partial charge in [0, 0.05) is 30.3 Å². The van der Waals surface area contributed by atoms with E-state index in [-0.39, 0.29) is 17.6 Å². The van der Waals surface area contributed by atoms with Crippen molar-refractivity contribution in [3.8, 4) is 0 Å². The second-order valence-electron chi connectivity index (χ2n) is 7.89. The van der Waals surface area contributed by atoms with E-state index in [0.717, 1.165) is 0 Å². The molecular formula is C24H30ClN5O2. The molecule has 2 amide bonds. The second-order valence-corrected chi connectivity index (χ2v) is 8.33. The minimum atomic E-state index is -0.362. The Kier molecular flexibility index (Phi) is 7.88. The number of anilines is 1. The van der Waals surface area contributed by atoms with Gasteiger partial charge in [-0.2, -0.15) is 0 Å². The lowest BCUT2D eigenvalue weighted by Crippen LogP contribution is -2.44. The molecule has 1 N–H and O–H groups in total. The Bertz CT molecular complexity index is 1130. The van der Waals surface area contributed by atoms with Crippen LogP contribution in [-0.2, 0) is 6.54 Å². The molecule has 0 aliphatic heterocycles. The van der Waals surface area contributed by atoms with Crippen molar-refractivity contribution in [3.05, 3.63) is 69.7 Å². The van der Waals surface area contributed by atoms with Crippen LogP contribution in [0.2, 0.25) is 5.02 Å². The number of para-hydroxylation sites is 1. The number of benzene rings is 2. The first-order chi connectivity index (χ1) is 15.3. The maximum atomic E-state index is 13.4. The standard InChI is InChI=1S/C24H30ClN5O2/c1-5-21(22-27-20-10-8-7-9-19(20)23(31)29(22)6-2)30(16-15-28(3)4)24(32)26-18-13-11-17(25)12-14-18/h7-14,21H,5-6,15-16H2,1-4H3,(H,26,32). The number of nitrogens with one attached hydrogen (secondary N) is 1. The third-order valence-corrected chi connectivity index (χ3v) is 5.66. The summed E-state index contributed by atoms with van der Waals surface area (Å²) in [4.78, 5) is 35.2. The van der Waals surface area contributed by atoms with Crippen molar-refractivity contribution in [1.29, 1.82) is 0 Å². The van der Waals surface area contributed by atoms with Crippen molar-refractivity contribution in [2.75, 3.05) is 32.5 Å². The van der Waals surface area contributed by atoms with E-state index in [1.54, 1.807) is 39.8 Å². The molecule has 0 spiro atoms. The molecule has 0 aliphatic rings. The van der Waals surface area contributed by atoms with Crippen LogP contribution in [0.4, 0.5) is 10.5 Å². The molecule has 0 radical (unpaired) electrons. The fourth-order valence-electron chi connectivity index (χ4n) is 3.72. The molecule has 0 saturated heterocycles. The summed E-state index contributed by atoms with van der Waals surface area (Å²) in [5, 5.41) is 4.15. The number of hydrogen-bond acceptors (Lipinski definition) is 4. The molecule has 1 heterocycles. The van der Waals surface area contributed by atoms with Gasteiger partial charge < -0.3 is 15.1 Å². The number of likely N-dealkylation sites (N-methyl/N-ethyl adjacent to an activating group) is 1. The van der Waals surface area contributed by atoms with Gasteiger partial charge in [0.05, 0.1) is 16.9 Å². The number of nitrogens with zero attached hydrogens (tertiary/aromatic N) is 4. The Morgan fingerprint density at radius 2 is 1.78 bits per heavy atom. The van der Waals surface area contributed by atoms with E-state index >= 15 is 0 Å². The van der Waals surface area contributed by atoms with Gasteiger partial charge in [-0.25, -0.2) is 9.78 Å². The van der Waals surface area contributed by atoms with Gasteiger partial charge in [0.2, 0.25) is 0 Å². The number of aromatic nitrogens is 2. The quantitative estimate of drug-likeness (QED) is 0.538. The topological polar surface area (TPSA) is 70.5 Å². The molecule has 0 fully saturated rings. The first-order valence-electron chi connectivity index (χ1n) is 10.8. The van der Waals surface area contributed by atoms with Crippen LogP contribution < -0.4 is 10.9 Å². The lowest BCUT2D eigenvalue weighted by Gasteiger charge is -2.33. The van der Waals surface area contributed by atoms with E-state index in [1.165, 1.54) is 0 Å². The maximum Gasteiger partial charge on any atom is 0.322 e. The summed E-state index contributed by atoms with van der Waals surface area (Å²) in [6.07, 6.45) is 0.617. The molecule has 7 nitrogen and oxygen atoms in total. The third-order valence-electron chi connectivity index (χ3n) is 5.41. The Labute approximate surface area is 193 Å². The van der Waals surface area contributed by atoms with Gasteiger partial charge in [-0.05, 0) is 63.8 Å². The molecule has 2 aromatic carbocycles. The Morgan fingerprint density at radius 1 is 1.09 bits per heavy atom. The molecule has 8 heteroatoms. The zero-order chi connectivity index (χ0) is 23.3. The van der Waals surface area contributed by atoms with Gasteiger partial charge >= 0.3 is 6.03 Å². The molecule has 0 aliphatic carbocycles. The van der Waals surface area contributed by atoms with Crippen molar-refractivity contribution in [1.82, 2.24) is 19.4 Å². The summed E-state index contributed by atoms with van der Waals surface area (Å²) in [6, 6.07) is 13.7. The minimum Gasteiger partial charge on any atom is -0.313 e. The molecule has 170 valence electrons. The fourth-order valence-corrected chi connectivity index (χ4v) is 3.85. The van der Waals surface area contributed by atoms with Gasteiger partial charge in [-0.15, -0.1) is 0 Å². The Balaban J connectivity index is 2.04. The predicted octanol–water partition coefficient (Wildman–Crippen LogP) is 4.62. The molecule has 32 heavy (non-hydrogen) atoms. The lowest BCUT2D eigenvalue weighted by atomic mass is 10.1. The molecule has 1 aromatic heterocycles. The largest absolute Gasteiger partial charge is 0.322 e. The van der Waals surface area contributed by atoms with Gasteiger partial charge in [-0.1, -0.05) is 30.7 Å². The average Bonchev–Trinajstić information content (AvgIpc) is 2.78. The molecule has 0 bridgehead atoms. The molecular weight excluding hydrogens is 426 g/mol. The fraction of sp³-hybridized carbons (Fsp3) is 0.375. The summed E-state index contributed by atoms with van der Waals surface area (Å²) < 4.78 is 1.68. The predicted molar refractivity (Wildman–Crippen MR) is 130 cm³/mol. The highest BCUT2D eigenvalue weighted by Gasteiger charge is 2.28. The van der Waals surface area contributed by atoms with Crippen molar-refractivity contribution < 1.29 is 4.79 Å². The number of carbonyl (C=O) groups excluding carboxylic acids is 1. The van der Waals surface area contributed by atoms with Crippen molar-refractivity contribution in [3.63, 3.8) is 0 Å². The molecule has 3 rings (SSSR count). The number of hydrogen-bond donors (Lipinski definition) is 1. The van der Waals surface area contributed by atoms with E-state index in [9.17, 15) is 9.59 Å². The van der Waals surface area contributed by atoms with Crippen LogP contribution in [0.15, 0.2) is 53.3 Å². The highest BCUT2D eigenvalue weighted by molar-refractivity contribution is 6.30. The number of rotatable bonds is 8. The van der Waals surface area contributed by atoms with Crippen LogP contribution in [-0.4, -0.2) is 52.6 Å². The van der Waals surface area contributed by atoms with Gasteiger partial charge in [0.25, 0.3) is 5.56 Å². The van der Waals surface area contributed by atoms with Crippen LogP contribution in [0.25, 0.3) is 10.9 Å². The zero-order valence-corrected chi connectivity index (χ0v) is 19.8. The van der Waals surface area contributed by atoms with Crippen LogP contribution >= 0.6 is 11.6 Å². The van der Waals surface area contributed by atoms with Crippen molar-refractivity contribution >= 4 is 34.2 Å². The van der Waals surface area contributed by atoms with Crippen LogP contribution in [0.5, 0.6) is 0 Å². The number of halogens is 1. The first kappa shape index (κ1) is 23.8. The number of carbonyl (C=O) groups is 1. The molecule has 1 atom stereocenters. The Hall–Kier alpha value is -2.90. The van der Waals surface area contributed by atoms with Crippen molar-refractivity contribution in [2.45, 2.75) is 32.9 Å². The molecule has 3 aromatic rings. The van der Waals surface area contributed by atoms with Crippen LogP contribution in [0, 0.1) is 0 Å². The number of urea groups is 1. The average molecular weight is 456 g/mol. The van der Waals surface area contributed by atoms with E-state index < -0.39 is 0 Å². The highest BCUT2D eigenvalue weighted by Crippen LogP contribution is 2.25. The van der Waals surface area contributed by atoms with Gasteiger partial charge in [0.1, 0.15) is 5.82 Å². The van der Waals surface area contributed by atoms with Crippen molar-refractivity contribution in [2.24, 2.45) is 0 Å². The van der Waals surface area contributed by atoms with E-state index in [2.05, 4.69) is 5.32 Å². The lowest BCUT2D eigenvalue weighted by molar-refractivity contribution is 0.172. The Morgan fingerprint density at radius 3 is 2.41 bits per heavy atom. The van der Waals surface area contributed by atoms with E-state index in [1.807, 2.05) is 51.0 Å². The summed E-state index contributed by atoms with van der Waals surface area (Å²) in [5.41, 5.74) is 1.21. The first-order valence-corrected chi connectivity index (χ1v) is 11.2. The summed E-state index contributed by atoms with van der Waals surface area (Å²) in [6.45, 7) is 5.56. The zero-order valence-electron chi connectivity index (χ0n) is 19.0. The summed E-state index contributed by atoms with van der Waals surface area (Å²) in [7, 11) is 3.93. The van der Waals surface area contributed by atoms with Crippen LogP contribution in [0.1, 0.15) is 32.1 Å². The van der Waals surface area contributed by atoms with E-state index in [0.29, 0.717) is 53.5 Å².